The van der Waals surface area contributed by atoms with Crippen LogP contribution in [0.4, 0.5) is 0 Å². The largest absolute Gasteiger partial charge is 0.370 e. The smallest absolute Gasteiger partial charge is 0.249 e. The number of carbonyl (C=O) groups is 2. The molecule has 0 aromatic carbocycles. The van der Waals surface area contributed by atoms with Gasteiger partial charge in [0.15, 0.2) is 0 Å². The summed E-state index contributed by atoms with van der Waals surface area (Å²) in [5.41, 5.74) is 1.79. The van der Waals surface area contributed by atoms with Gasteiger partial charge in [0.1, 0.15) is 0 Å². The van der Waals surface area contributed by atoms with Gasteiger partial charge >= 0.3 is 0 Å². The molecule has 2 N–H and O–H groups in total. The van der Waals surface area contributed by atoms with Gasteiger partial charge in [0.25, 0.3) is 0 Å². The number of allylic oxidation sites excluding steroid dienone is 3. The third kappa shape index (κ3) is 4.59. The number of hydrogen-bond acceptors (Lipinski definition) is 4. The minimum Gasteiger partial charge on any atom is -0.370 e. The first kappa shape index (κ1) is 22.1. The Morgan fingerprint density at radius 3 is 2.39 bits per heavy atom. The minimum absolute atomic E-state index is 0.0798. The molecule has 1 aliphatic carbocycles. The van der Waals surface area contributed by atoms with Crippen LogP contribution in [0.15, 0.2) is 35.6 Å². The molecule has 3 heterocycles. The molecule has 2 bridgehead atoms. The SMILES string of the molecule is CC1=C(C(=O)NCC2C[C@H]3CC[C@@H](C2)N3CC(=O)NC(C)(C)C)C2C=CC=CC2N1C. The third-order valence-corrected chi connectivity index (χ3v) is 7.42. The molecule has 3 unspecified atom stereocenters. The number of amides is 2. The lowest BCUT2D eigenvalue weighted by Gasteiger charge is -2.39. The Hall–Kier alpha value is -2.08. The van der Waals surface area contributed by atoms with E-state index < -0.39 is 0 Å². The molecule has 5 atom stereocenters. The van der Waals surface area contributed by atoms with E-state index in [4.69, 9.17) is 0 Å². The van der Waals surface area contributed by atoms with Crippen LogP contribution >= 0.6 is 0 Å². The van der Waals surface area contributed by atoms with Crippen molar-refractivity contribution in [1.29, 1.82) is 0 Å². The Morgan fingerprint density at radius 1 is 1.10 bits per heavy atom. The van der Waals surface area contributed by atoms with Crippen molar-refractivity contribution in [3.8, 4) is 0 Å². The number of hydrogen-bond donors (Lipinski definition) is 2. The number of carbonyl (C=O) groups excluding carboxylic acids is 2. The standard InChI is InChI=1S/C25H38N4O2/c1-16-23(20-8-6-7-9-21(20)28(16)5)24(31)26-14-17-12-18-10-11-19(13-17)29(18)15-22(30)27-25(2,3)4/h6-9,17-21H,10-15H2,1-5H3,(H,26,31)(H,27,30)/t17?,18-,19+,20?,21?. The molecular weight excluding hydrogens is 388 g/mol. The molecule has 31 heavy (non-hydrogen) atoms. The highest BCUT2D eigenvalue weighted by Crippen LogP contribution is 2.39. The van der Waals surface area contributed by atoms with Crippen molar-refractivity contribution in [2.45, 2.75) is 77.0 Å². The fourth-order valence-electron chi connectivity index (χ4n) is 5.97. The van der Waals surface area contributed by atoms with Crippen LogP contribution < -0.4 is 10.6 Å². The molecule has 170 valence electrons. The fourth-order valence-corrected chi connectivity index (χ4v) is 5.97. The van der Waals surface area contributed by atoms with E-state index in [0.29, 0.717) is 24.5 Å². The molecular formula is C25H38N4O2. The van der Waals surface area contributed by atoms with Crippen LogP contribution in [-0.4, -0.2) is 65.4 Å². The zero-order valence-electron chi connectivity index (χ0n) is 19.6. The maximum atomic E-state index is 13.1. The van der Waals surface area contributed by atoms with Crippen molar-refractivity contribution in [3.05, 3.63) is 35.6 Å². The molecule has 4 aliphatic rings. The monoisotopic (exact) mass is 426 g/mol. The highest BCUT2D eigenvalue weighted by molar-refractivity contribution is 5.96. The van der Waals surface area contributed by atoms with Crippen molar-refractivity contribution in [2.24, 2.45) is 11.8 Å². The first-order chi connectivity index (χ1) is 14.6. The maximum absolute atomic E-state index is 13.1. The van der Waals surface area contributed by atoms with Gasteiger partial charge in [-0.2, -0.15) is 0 Å². The number of nitrogens with one attached hydrogen (secondary N) is 2. The zero-order valence-corrected chi connectivity index (χ0v) is 19.6. The number of fused-ring (bicyclic) bond motifs is 3. The van der Waals surface area contributed by atoms with Crippen molar-refractivity contribution in [1.82, 2.24) is 20.4 Å². The van der Waals surface area contributed by atoms with Crippen LogP contribution in [0.1, 0.15) is 53.4 Å². The van der Waals surface area contributed by atoms with Gasteiger partial charge in [-0.1, -0.05) is 24.3 Å². The Labute approximate surface area is 186 Å². The second kappa shape index (κ2) is 8.45. The predicted molar refractivity (Wildman–Crippen MR) is 123 cm³/mol. The molecule has 2 amide bonds. The lowest BCUT2D eigenvalue weighted by Crippen LogP contribution is -2.52. The van der Waals surface area contributed by atoms with Crippen LogP contribution in [-0.2, 0) is 9.59 Å². The number of likely N-dealkylation sites (N-methyl/N-ethyl adjacent to an activating group) is 1. The Bertz CT molecular complexity index is 808. The summed E-state index contributed by atoms with van der Waals surface area (Å²) in [4.78, 5) is 30.1. The lowest BCUT2D eigenvalue weighted by atomic mass is 9.88. The van der Waals surface area contributed by atoms with Gasteiger partial charge in [-0.3, -0.25) is 14.5 Å². The summed E-state index contributed by atoms with van der Waals surface area (Å²) in [5, 5.41) is 6.35. The van der Waals surface area contributed by atoms with Crippen LogP contribution in [0.5, 0.6) is 0 Å². The summed E-state index contributed by atoms with van der Waals surface area (Å²) in [6.07, 6.45) is 12.9. The summed E-state index contributed by atoms with van der Waals surface area (Å²) < 4.78 is 0. The summed E-state index contributed by atoms with van der Waals surface area (Å²) in [5.74, 6) is 0.833. The summed E-state index contributed by atoms with van der Waals surface area (Å²) >= 11 is 0. The van der Waals surface area contributed by atoms with E-state index in [-0.39, 0.29) is 29.3 Å². The first-order valence-electron chi connectivity index (χ1n) is 11.8. The molecule has 3 aliphatic heterocycles. The van der Waals surface area contributed by atoms with Gasteiger partial charge in [0.05, 0.1) is 12.6 Å². The van der Waals surface area contributed by atoms with E-state index >= 15 is 0 Å². The average molecular weight is 427 g/mol. The van der Waals surface area contributed by atoms with E-state index in [2.05, 4.69) is 52.6 Å². The van der Waals surface area contributed by atoms with Crippen LogP contribution in [0.25, 0.3) is 0 Å². The summed E-state index contributed by atoms with van der Waals surface area (Å²) in [6, 6.07) is 1.17. The molecule has 0 radical (unpaired) electrons. The summed E-state index contributed by atoms with van der Waals surface area (Å²) in [6.45, 7) is 9.34. The molecule has 6 nitrogen and oxygen atoms in total. The van der Waals surface area contributed by atoms with E-state index in [0.717, 1.165) is 43.5 Å². The predicted octanol–water partition coefficient (Wildman–Crippen LogP) is 2.59. The van der Waals surface area contributed by atoms with Gasteiger partial charge in [-0.25, -0.2) is 0 Å². The van der Waals surface area contributed by atoms with Crippen molar-refractivity contribution >= 4 is 11.8 Å². The van der Waals surface area contributed by atoms with Gasteiger partial charge in [-0.15, -0.1) is 0 Å². The second-order valence-electron chi connectivity index (χ2n) is 10.8. The number of rotatable bonds is 5. The topological polar surface area (TPSA) is 64.7 Å². The number of piperidine rings is 1. The van der Waals surface area contributed by atoms with Gasteiger partial charge in [0, 0.05) is 48.4 Å². The van der Waals surface area contributed by atoms with E-state index in [1.165, 1.54) is 0 Å². The highest BCUT2D eigenvalue weighted by atomic mass is 16.2. The fraction of sp³-hybridized carbons (Fsp3) is 0.680. The molecule has 6 heteroatoms. The van der Waals surface area contributed by atoms with Crippen molar-refractivity contribution in [2.75, 3.05) is 20.1 Å². The molecule has 0 aromatic rings. The normalized spacial score (nSPS) is 32.4. The molecule has 4 rings (SSSR count). The lowest BCUT2D eigenvalue weighted by molar-refractivity contribution is -0.125. The third-order valence-electron chi connectivity index (χ3n) is 7.42. The average Bonchev–Trinajstić information content (AvgIpc) is 3.07. The molecule has 0 saturated carbocycles. The quantitative estimate of drug-likeness (QED) is 0.709. The van der Waals surface area contributed by atoms with Crippen molar-refractivity contribution in [3.63, 3.8) is 0 Å². The van der Waals surface area contributed by atoms with Crippen LogP contribution in [0.3, 0.4) is 0 Å². The molecule has 2 saturated heterocycles. The number of nitrogens with zero attached hydrogens (tertiary/aromatic N) is 2. The van der Waals surface area contributed by atoms with Gasteiger partial charge in [-0.05, 0) is 59.3 Å². The van der Waals surface area contributed by atoms with E-state index in [9.17, 15) is 9.59 Å². The van der Waals surface area contributed by atoms with Gasteiger partial charge < -0.3 is 15.5 Å². The van der Waals surface area contributed by atoms with E-state index in [1.54, 1.807) is 0 Å². The van der Waals surface area contributed by atoms with Crippen LogP contribution in [0.2, 0.25) is 0 Å². The van der Waals surface area contributed by atoms with Crippen LogP contribution in [0, 0.1) is 11.8 Å². The molecule has 2 fully saturated rings. The summed E-state index contributed by atoms with van der Waals surface area (Å²) in [7, 11) is 2.07. The second-order valence-corrected chi connectivity index (χ2v) is 10.8. The highest BCUT2D eigenvalue weighted by Gasteiger charge is 2.42. The Kier molecular flexibility index (Phi) is 6.03. The van der Waals surface area contributed by atoms with E-state index in [1.807, 2.05) is 26.8 Å². The Morgan fingerprint density at radius 2 is 1.74 bits per heavy atom. The minimum atomic E-state index is -0.192. The van der Waals surface area contributed by atoms with Gasteiger partial charge in [0.2, 0.25) is 11.8 Å². The zero-order chi connectivity index (χ0) is 22.3. The first-order valence-corrected chi connectivity index (χ1v) is 11.8. The molecule has 0 spiro atoms. The molecule has 0 aromatic heterocycles. The van der Waals surface area contributed by atoms with Crippen molar-refractivity contribution < 1.29 is 9.59 Å². The maximum Gasteiger partial charge on any atom is 0.249 e. The Balaban J connectivity index is 1.31.